The molecule has 0 radical (unpaired) electrons. The molecule has 1 fully saturated rings. The quantitative estimate of drug-likeness (QED) is 0.591. The number of carbonyl (C=O) groups is 1. The van der Waals surface area contributed by atoms with Gasteiger partial charge in [-0.2, -0.15) is 0 Å². The third-order valence-electron chi connectivity index (χ3n) is 3.57. The van der Waals surface area contributed by atoms with Crippen molar-refractivity contribution in [2.75, 3.05) is 0 Å². The van der Waals surface area contributed by atoms with Crippen molar-refractivity contribution in [1.82, 2.24) is 0 Å². The van der Waals surface area contributed by atoms with Gasteiger partial charge in [0.05, 0.1) is 5.92 Å². The number of rotatable bonds is 5. The molecule has 0 aliphatic carbocycles. The Kier molecular flexibility index (Phi) is 4.78. The van der Waals surface area contributed by atoms with Crippen LogP contribution in [0.3, 0.4) is 0 Å². The van der Waals surface area contributed by atoms with Gasteiger partial charge in [-0.15, -0.1) is 0 Å². The molecule has 1 heterocycles. The molecule has 1 aliphatic heterocycles. The SMILES string of the molecule is CC(C)=CC[C@@H]1C[C@H](CCc2ccccc2)OC1=O. The number of allylic oxidation sites excluding steroid dienone is 2. The van der Waals surface area contributed by atoms with Crippen molar-refractivity contribution in [3.63, 3.8) is 0 Å². The first kappa shape index (κ1) is 13.9. The summed E-state index contributed by atoms with van der Waals surface area (Å²) < 4.78 is 5.46. The summed E-state index contributed by atoms with van der Waals surface area (Å²) in [7, 11) is 0. The average Bonchev–Trinajstić information content (AvgIpc) is 2.76. The largest absolute Gasteiger partial charge is 0.462 e. The van der Waals surface area contributed by atoms with Crippen LogP contribution in [-0.4, -0.2) is 12.1 Å². The van der Waals surface area contributed by atoms with Gasteiger partial charge >= 0.3 is 5.97 Å². The molecular formula is C17H22O2. The third kappa shape index (κ3) is 4.23. The Morgan fingerprint density at radius 1 is 1.32 bits per heavy atom. The Morgan fingerprint density at radius 3 is 2.74 bits per heavy atom. The molecule has 2 rings (SSSR count). The molecule has 1 aromatic rings. The van der Waals surface area contributed by atoms with E-state index in [1.807, 2.05) is 18.2 Å². The lowest BCUT2D eigenvalue weighted by Gasteiger charge is -2.08. The number of esters is 1. The van der Waals surface area contributed by atoms with Gasteiger partial charge in [-0.05, 0) is 45.1 Å². The predicted octanol–water partition coefficient (Wildman–Crippen LogP) is 3.91. The Hall–Kier alpha value is -1.57. The van der Waals surface area contributed by atoms with E-state index >= 15 is 0 Å². The van der Waals surface area contributed by atoms with E-state index in [-0.39, 0.29) is 18.0 Å². The molecule has 2 atom stereocenters. The first-order chi connectivity index (χ1) is 9.15. The topological polar surface area (TPSA) is 26.3 Å². The number of hydrogen-bond acceptors (Lipinski definition) is 2. The van der Waals surface area contributed by atoms with Crippen LogP contribution in [0.2, 0.25) is 0 Å². The predicted molar refractivity (Wildman–Crippen MR) is 76.8 cm³/mol. The molecule has 0 spiro atoms. The van der Waals surface area contributed by atoms with Crippen molar-refractivity contribution in [3.8, 4) is 0 Å². The molecule has 0 saturated carbocycles. The first-order valence-electron chi connectivity index (χ1n) is 7.03. The molecule has 2 nitrogen and oxygen atoms in total. The minimum atomic E-state index is -0.0180. The summed E-state index contributed by atoms with van der Waals surface area (Å²) in [6, 6.07) is 10.4. The smallest absolute Gasteiger partial charge is 0.309 e. The van der Waals surface area contributed by atoms with Gasteiger partial charge in [-0.25, -0.2) is 0 Å². The Balaban J connectivity index is 1.81. The first-order valence-corrected chi connectivity index (χ1v) is 7.03. The molecule has 102 valence electrons. The van der Waals surface area contributed by atoms with Crippen molar-refractivity contribution in [2.45, 2.75) is 45.6 Å². The normalized spacial score (nSPS) is 22.1. The van der Waals surface area contributed by atoms with E-state index in [4.69, 9.17) is 4.74 Å². The lowest BCUT2D eigenvalue weighted by Crippen LogP contribution is -2.08. The van der Waals surface area contributed by atoms with E-state index in [1.54, 1.807) is 0 Å². The third-order valence-corrected chi connectivity index (χ3v) is 3.57. The number of benzene rings is 1. The van der Waals surface area contributed by atoms with Crippen molar-refractivity contribution in [2.24, 2.45) is 5.92 Å². The fourth-order valence-electron chi connectivity index (χ4n) is 2.44. The summed E-state index contributed by atoms with van der Waals surface area (Å²) in [5, 5.41) is 0. The molecule has 19 heavy (non-hydrogen) atoms. The minimum absolute atomic E-state index is 0.0180. The van der Waals surface area contributed by atoms with Gasteiger partial charge in [0, 0.05) is 0 Å². The highest BCUT2D eigenvalue weighted by Gasteiger charge is 2.33. The second kappa shape index (κ2) is 6.55. The highest BCUT2D eigenvalue weighted by Crippen LogP contribution is 2.27. The number of carbonyl (C=O) groups excluding carboxylic acids is 1. The van der Waals surface area contributed by atoms with Crippen LogP contribution in [0.15, 0.2) is 42.0 Å². The van der Waals surface area contributed by atoms with Crippen molar-refractivity contribution < 1.29 is 9.53 Å². The molecule has 1 aliphatic rings. The molecular weight excluding hydrogens is 236 g/mol. The van der Waals surface area contributed by atoms with Crippen LogP contribution in [0.5, 0.6) is 0 Å². The van der Waals surface area contributed by atoms with Gasteiger partial charge in [0.15, 0.2) is 0 Å². The van der Waals surface area contributed by atoms with Crippen LogP contribution in [0, 0.1) is 5.92 Å². The van der Waals surface area contributed by atoms with E-state index in [0.29, 0.717) is 0 Å². The van der Waals surface area contributed by atoms with Gasteiger partial charge < -0.3 is 4.74 Å². The highest BCUT2D eigenvalue weighted by molar-refractivity contribution is 5.74. The number of hydrogen-bond donors (Lipinski definition) is 0. The molecule has 0 aromatic heterocycles. The molecule has 0 unspecified atom stereocenters. The van der Waals surface area contributed by atoms with E-state index in [1.165, 1.54) is 11.1 Å². The summed E-state index contributed by atoms with van der Waals surface area (Å²) >= 11 is 0. The average molecular weight is 258 g/mol. The van der Waals surface area contributed by atoms with Crippen LogP contribution < -0.4 is 0 Å². The number of cyclic esters (lactones) is 1. The maximum atomic E-state index is 11.8. The Bertz CT molecular complexity index is 444. The van der Waals surface area contributed by atoms with E-state index in [2.05, 4.69) is 32.1 Å². The minimum Gasteiger partial charge on any atom is -0.462 e. The van der Waals surface area contributed by atoms with Gasteiger partial charge in [0.2, 0.25) is 0 Å². The van der Waals surface area contributed by atoms with Crippen LogP contribution in [0.4, 0.5) is 0 Å². The zero-order valence-electron chi connectivity index (χ0n) is 11.8. The highest BCUT2D eigenvalue weighted by atomic mass is 16.5. The summed E-state index contributed by atoms with van der Waals surface area (Å²) in [6.45, 7) is 4.13. The summed E-state index contributed by atoms with van der Waals surface area (Å²) in [6.07, 6.45) is 5.84. The monoisotopic (exact) mass is 258 g/mol. The van der Waals surface area contributed by atoms with E-state index in [9.17, 15) is 4.79 Å². The summed E-state index contributed by atoms with van der Waals surface area (Å²) in [5.74, 6) is 0.0474. The fraction of sp³-hybridized carbons (Fsp3) is 0.471. The van der Waals surface area contributed by atoms with E-state index in [0.717, 1.165) is 25.7 Å². The van der Waals surface area contributed by atoms with E-state index < -0.39 is 0 Å². The van der Waals surface area contributed by atoms with Gasteiger partial charge in [0.1, 0.15) is 6.10 Å². The fourth-order valence-corrected chi connectivity index (χ4v) is 2.44. The zero-order valence-corrected chi connectivity index (χ0v) is 11.8. The lowest BCUT2D eigenvalue weighted by atomic mass is 9.97. The molecule has 1 saturated heterocycles. The molecule has 0 amide bonds. The Morgan fingerprint density at radius 2 is 2.05 bits per heavy atom. The van der Waals surface area contributed by atoms with Crippen molar-refractivity contribution >= 4 is 5.97 Å². The van der Waals surface area contributed by atoms with Crippen molar-refractivity contribution in [1.29, 1.82) is 0 Å². The second-order valence-corrected chi connectivity index (χ2v) is 5.53. The molecule has 2 heteroatoms. The maximum absolute atomic E-state index is 11.8. The van der Waals surface area contributed by atoms with Gasteiger partial charge in [-0.3, -0.25) is 4.79 Å². The summed E-state index contributed by atoms with van der Waals surface area (Å²) in [5.41, 5.74) is 2.58. The maximum Gasteiger partial charge on any atom is 0.309 e. The molecule has 0 N–H and O–H groups in total. The van der Waals surface area contributed by atoms with Crippen LogP contribution in [-0.2, 0) is 16.0 Å². The number of aryl methyl sites for hydroxylation is 1. The molecule has 1 aromatic carbocycles. The Labute approximate surface area is 115 Å². The van der Waals surface area contributed by atoms with Crippen LogP contribution >= 0.6 is 0 Å². The standard InChI is InChI=1S/C17H22O2/c1-13(2)8-10-15-12-16(19-17(15)18)11-9-14-6-4-3-5-7-14/h3-8,15-16H,9-12H2,1-2H3/t15-,16+/m1/s1. The van der Waals surface area contributed by atoms with Crippen LogP contribution in [0.1, 0.15) is 38.7 Å². The van der Waals surface area contributed by atoms with Gasteiger partial charge in [0.25, 0.3) is 0 Å². The van der Waals surface area contributed by atoms with Crippen molar-refractivity contribution in [3.05, 3.63) is 47.5 Å². The number of ether oxygens (including phenoxy) is 1. The van der Waals surface area contributed by atoms with Crippen LogP contribution in [0.25, 0.3) is 0 Å². The molecule has 0 bridgehead atoms. The lowest BCUT2D eigenvalue weighted by molar-refractivity contribution is -0.144. The second-order valence-electron chi connectivity index (χ2n) is 5.53. The zero-order chi connectivity index (χ0) is 13.7. The van der Waals surface area contributed by atoms with Gasteiger partial charge in [-0.1, -0.05) is 42.0 Å². The summed E-state index contributed by atoms with van der Waals surface area (Å²) in [4.78, 5) is 11.8.